The highest BCUT2D eigenvalue weighted by atomic mass is 79.9. The van der Waals surface area contributed by atoms with Gasteiger partial charge in [0.05, 0.1) is 5.69 Å². The lowest BCUT2D eigenvalue weighted by Gasteiger charge is -2.05. The Hall–Kier alpha value is -0.940. The molecule has 0 saturated carbocycles. The van der Waals surface area contributed by atoms with Gasteiger partial charge in [0.15, 0.2) is 11.4 Å². The molecule has 0 amide bonds. The Morgan fingerprint density at radius 3 is 3.00 bits per heavy atom. The normalized spacial score (nSPS) is 10.5. The number of hydrogen-bond acceptors (Lipinski definition) is 3. The Morgan fingerprint density at radius 1 is 1.67 bits per heavy atom. The fraction of sp³-hybridized carbons (Fsp3) is 0.200. The van der Waals surface area contributed by atoms with Gasteiger partial charge in [0, 0.05) is 21.7 Å². The maximum Gasteiger partial charge on any atom is 0.194 e. The van der Waals surface area contributed by atoms with Gasteiger partial charge in [0.1, 0.15) is 0 Å². The second-order valence-electron chi connectivity index (χ2n) is 2.99. The summed E-state index contributed by atoms with van der Waals surface area (Å²) < 4.78 is 2.85. The Morgan fingerprint density at radius 2 is 2.47 bits per heavy atom. The van der Waals surface area contributed by atoms with Gasteiger partial charge < -0.3 is 0 Å². The van der Waals surface area contributed by atoms with Crippen LogP contribution in [0.25, 0.3) is 5.13 Å². The molecule has 0 unspecified atom stereocenters. The molecule has 0 radical (unpaired) electrons. The maximum absolute atomic E-state index is 10.9. The van der Waals surface area contributed by atoms with Gasteiger partial charge >= 0.3 is 0 Å². The van der Waals surface area contributed by atoms with Gasteiger partial charge in [-0.2, -0.15) is 0 Å². The molecule has 0 fully saturated rings. The summed E-state index contributed by atoms with van der Waals surface area (Å²) in [6, 6.07) is 1.83. The number of carbonyl (C=O) groups excluding carboxylic acids is 1. The van der Waals surface area contributed by atoms with Crippen molar-refractivity contribution in [3.8, 4) is 5.13 Å². The third-order valence-corrected chi connectivity index (χ3v) is 3.59. The molecule has 0 N–H and O–H groups in total. The van der Waals surface area contributed by atoms with E-state index in [4.69, 9.17) is 0 Å². The van der Waals surface area contributed by atoms with E-state index in [0.29, 0.717) is 5.69 Å². The van der Waals surface area contributed by atoms with Crippen molar-refractivity contribution in [2.75, 3.05) is 0 Å². The van der Waals surface area contributed by atoms with Crippen molar-refractivity contribution < 1.29 is 4.79 Å². The summed E-state index contributed by atoms with van der Waals surface area (Å²) in [4.78, 5) is 15.2. The number of rotatable bonds is 3. The first-order valence-electron chi connectivity index (χ1n) is 4.53. The number of aromatic nitrogens is 2. The van der Waals surface area contributed by atoms with E-state index in [1.54, 1.807) is 6.20 Å². The summed E-state index contributed by atoms with van der Waals surface area (Å²) in [5.74, 6) is 0. The first kappa shape index (κ1) is 10.6. The van der Waals surface area contributed by atoms with Crippen LogP contribution >= 0.6 is 27.3 Å². The van der Waals surface area contributed by atoms with Crippen molar-refractivity contribution >= 4 is 33.6 Å². The molecule has 0 aromatic carbocycles. The minimum atomic E-state index is 0.633. The molecule has 0 aliphatic carbocycles. The standard InChI is InChI=1S/C10H9BrN2OS/c1-2-9-8(11)5-7(6-14)13(9)10-12-3-4-15-10/h3-6H,2H2,1H3. The minimum Gasteiger partial charge on any atom is -0.296 e. The zero-order valence-electron chi connectivity index (χ0n) is 8.11. The molecule has 0 bridgehead atoms. The number of halogens is 1. The minimum absolute atomic E-state index is 0.633. The van der Waals surface area contributed by atoms with Crippen LogP contribution in [-0.2, 0) is 6.42 Å². The molecule has 2 aromatic heterocycles. The van der Waals surface area contributed by atoms with E-state index in [9.17, 15) is 4.79 Å². The van der Waals surface area contributed by atoms with Crippen LogP contribution in [0.2, 0.25) is 0 Å². The van der Waals surface area contributed by atoms with Crippen molar-refractivity contribution in [2.24, 2.45) is 0 Å². The number of carbonyl (C=O) groups is 1. The highest BCUT2D eigenvalue weighted by Gasteiger charge is 2.14. The van der Waals surface area contributed by atoms with Crippen LogP contribution in [0.3, 0.4) is 0 Å². The van der Waals surface area contributed by atoms with Crippen molar-refractivity contribution in [1.29, 1.82) is 0 Å². The van der Waals surface area contributed by atoms with E-state index in [1.807, 2.05) is 16.0 Å². The van der Waals surface area contributed by atoms with Crippen molar-refractivity contribution in [3.05, 3.63) is 33.5 Å². The van der Waals surface area contributed by atoms with Crippen molar-refractivity contribution in [1.82, 2.24) is 9.55 Å². The quantitative estimate of drug-likeness (QED) is 0.812. The molecule has 3 nitrogen and oxygen atoms in total. The van der Waals surface area contributed by atoms with Crippen LogP contribution in [0.15, 0.2) is 22.1 Å². The molecule has 0 aliphatic rings. The molecular formula is C10H9BrN2OS. The largest absolute Gasteiger partial charge is 0.296 e. The van der Waals surface area contributed by atoms with Crippen LogP contribution in [0.4, 0.5) is 0 Å². The number of nitrogens with zero attached hydrogens (tertiary/aromatic N) is 2. The van der Waals surface area contributed by atoms with Gasteiger partial charge in [-0.3, -0.25) is 9.36 Å². The van der Waals surface area contributed by atoms with Crippen LogP contribution < -0.4 is 0 Å². The van der Waals surface area contributed by atoms with E-state index in [-0.39, 0.29) is 0 Å². The fourth-order valence-corrected chi connectivity index (χ4v) is 2.88. The van der Waals surface area contributed by atoms with Crippen LogP contribution in [0, 0.1) is 0 Å². The van der Waals surface area contributed by atoms with Gasteiger partial charge in [-0.1, -0.05) is 6.92 Å². The average molecular weight is 285 g/mol. The molecule has 2 aromatic rings. The van der Waals surface area contributed by atoms with Crippen LogP contribution in [0.5, 0.6) is 0 Å². The summed E-state index contributed by atoms with van der Waals surface area (Å²) in [6.07, 6.45) is 3.45. The lowest BCUT2D eigenvalue weighted by molar-refractivity contribution is 0.111. The summed E-state index contributed by atoms with van der Waals surface area (Å²) in [5, 5.41) is 2.73. The lowest BCUT2D eigenvalue weighted by Crippen LogP contribution is -2.02. The number of aldehydes is 1. The van der Waals surface area contributed by atoms with Crippen LogP contribution in [0.1, 0.15) is 23.1 Å². The third kappa shape index (κ3) is 1.77. The van der Waals surface area contributed by atoms with E-state index in [0.717, 1.165) is 28.0 Å². The summed E-state index contributed by atoms with van der Waals surface area (Å²) >= 11 is 4.97. The van der Waals surface area contributed by atoms with Crippen LogP contribution in [-0.4, -0.2) is 15.8 Å². The lowest BCUT2D eigenvalue weighted by atomic mass is 10.3. The van der Waals surface area contributed by atoms with Gasteiger partial charge in [0.2, 0.25) is 0 Å². The van der Waals surface area contributed by atoms with E-state index >= 15 is 0 Å². The van der Waals surface area contributed by atoms with Gasteiger partial charge in [0.25, 0.3) is 0 Å². The van der Waals surface area contributed by atoms with Gasteiger partial charge in [-0.05, 0) is 28.4 Å². The molecule has 5 heteroatoms. The molecule has 0 saturated heterocycles. The van der Waals surface area contributed by atoms with Crippen molar-refractivity contribution in [3.63, 3.8) is 0 Å². The smallest absolute Gasteiger partial charge is 0.194 e. The Kier molecular flexibility index (Phi) is 3.02. The molecule has 78 valence electrons. The predicted octanol–water partition coefficient (Wildman–Crippen LogP) is 3.07. The van der Waals surface area contributed by atoms with Gasteiger partial charge in [-0.25, -0.2) is 4.98 Å². The first-order valence-corrected chi connectivity index (χ1v) is 6.20. The topological polar surface area (TPSA) is 34.9 Å². The summed E-state index contributed by atoms with van der Waals surface area (Å²) in [5.41, 5.74) is 1.71. The molecule has 2 heterocycles. The second-order valence-corrected chi connectivity index (χ2v) is 4.71. The first-order chi connectivity index (χ1) is 7.27. The molecule has 15 heavy (non-hydrogen) atoms. The highest BCUT2D eigenvalue weighted by Crippen LogP contribution is 2.26. The van der Waals surface area contributed by atoms with E-state index < -0.39 is 0 Å². The average Bonchev–Trinajstić information content (AvgIpc) is 2.83. The SMILES string of the molecule is CCc1c(Br)cc(C=O)n1-c1nccs1. The Balaban J connectivity index is 2.67. The van der Waals surface area contributed by atoms with Crippen molar-refractivity contribution in [2.45, 2.75) is 13.3 Å². The monoisotopic (exact) mass is 284 g/mol. The maximum atomic E-state index is 10.9. The summed E-state index contributed by atoms with van der Waals surface area (Å²) in [6.45, 7) is 2.05. The fourth-order valence-electron chi connectivity index (χ4n) is 1.51. The predicted molar refractivity (Wildman–Crippen MR) is 63.9 cm³/mol. The molecule has 2 rings (SSSR count). The zero-order valence-corrected chi connectivity index (χ0v) is 10.5. The molecule has 0 spiro atoms. The summed E-state index contributed by atoms with van der Waals surface area (Å²) in [7, 11) is 0. The third-order valence-electron chi connectivity index (χ3n) is 2.14. The molecule has 0 aliphatic heterocycles. The number of thiazole rings is 1. The molecular weight excluding hydrogens is 276 g/mol. The Bertz CT molecular complexity index is 476. The van der Waals surface area contributed by atoms with Gasteiger partial charge in [-0.15, -0.1) is 11.3 Å². The highest BCUT2D eigenvalue weighted by molar-refractivity contribution is 9.10. The zero-order chi connectivity index (χ0) is 10.8. The van der Waals surface area contributed by atoms with E-state index in [1.165, 1.54) is 11.3 Å². The molecule has 0 atom stereocenters. The second kappa shape index (κ2) is 4.28. The number of hydrogen-bond donors (Lipinski definition) is 0. The Labute approximate surface area is 99.9 Å². The van der Waals surface area contributed by atoms with E-state index in [2.05, 4.69) is 27.8 Å².